The number of piperazine rings is 1. The van der Waals surface area contributed by atoms with E-state index in [9.17, 15) is 4.79 Å². The summed E-state index contributed by atoms with van der Waals surface area (Å²) in [6.07, 6.45) is 0. The molecule has 4 rings (SSSR count). The molecule has 1 aliphatic rings. The third kappa shape index (κ3) is 4.60. The molecule has 0 N–H and O–H groups in total. The highest BCUT2D eigenvalue weighted by atomic mass is 35.5. The fourth-order valence-corrected chi connectivity index (χ4v) is 4.37. The second-order valence-electron chi connectivity index (χ2n) is 7.28. The van der Waals surface area contributed by atoms with Gasteiger partial charge in [0.15, 0.2) is 0 Å². The highest BCUT2D eigenvalue weighted by Crippen LogP contribution is 2.23. The molecule has 3 aromatic rings. The lowest BCUT2D eigenvalue weighted by Gasteiger charge is -2.36. The van der Waals surface area contributed by atoms with Gasteiger partial charge in [0, 0.05) is 36.9 Å². The summed E-state index contributed by atoms with van der Waals surface area (Å²) in [6.45, 7) is 7.08. The van der Waals surface area contributed by atoms with Crippen molar-refractivity contribution in [2.45, 2.75) is 19.0 Å². The molecule has 156 valence electrons. The Labute approximate surface area is 185 Å². The molecule has 1 saturated heterocycles. The predicted octanol–water partition coefficient (Wildman–Crippen LogP) is 3.37. The maximum Gasteiger partial charge on any atom is 0.233 e. The first-order valence-corrected chi connectivity index (χ1v) is 11.1. The summed E-state index contributed by atoms with van der Waals surface area (Å²) >= 11 is 7.46. The van der Waals surface area contributed by atoms with Crippen LogP contribution in [0.5, 0.6) is 0 Å². The van der Waals surface area contributed by atoms with Crippen molar-refractivity contribution in [1.29, 1.82) is 0 Å². The summed E-state index contributed by atoms with van der Waals surface area (Å²) in [7, 11) is 0. The molecule has 30 heavy (non-hydrogen) atoms. The number of carbonyl (C=O) groups excluding carboxylic acids is 1. The average molecular weight is 443 g/mol. The van der Waals surface area contributed by atoms with Crippen LogP contribution in [-0.4, -0.2) is 62.9 Å². The van der Waals surface area contributed by atoms with Crippen molar-refractivity contribution in [3.63, 3.8) is 0 Å². The van der Waals surface area contributed by atoms with E-state index in [1.165, 1.54) is 22.9 Å². The van der Waals surface area contributed by atoms with Crippen LogP contribution in [-0.2, 0) is 4.79 Å². The van der Waals surface area contributed by atoms with Crippen LogP contribution in [0.3, 0.4) is 0 Å². The number of thioether (sulfide) groups is 1. The molecule has 9 heteroatoms. The number of rotatable bonds is 5. The van der Waals surface area contributed by atoms with E-state index in [-0.39, 0.29) is 5.91 Å². The van der Waals surface area contributed by atoms with E-state index in [1.54, 1.807) is 4.68 Å². The maximum atomic E-state index is 12.7. The van der Waals surface area contributed by atoms with Crippen molar-refractivity contribution in [1.82, 2.24) is 25.1 Å². The monoisotopic (exact) mass is 442 g/mol. The van der Waals surface area contributed by atoms with Gasteiger partial charge in [-0.3, -0.25) is 4.79 Å². The number of hydrogen-bond donors (Lipinski definition) is 0. The van der Waals surface area contributed by atoms with Crippen LogP contribution >= 0.6 is 23.4 Å². The fourth-order valence-electron chi connectivity index (χ4n) is 3.39. The molecule has 0 atom stereocenters. The lowest BCUT2D eigenvalue weighted by atomic mass is 10.1. The van der Waals surface area contributed by atoms with Gasteiger partial charge >= 0.3 is 0 Å². The summed E-state index contributed by atoms with van der Waals surface area (Å²) in [4.78, 5) is 16.9. The summed E-state index contributed by atoms with van der Waals surface area (Å²) in [5.74, 6) is 0.405. The Morgan fingerprint density at radius 3 is 2.57 bits per heavy atom. The number of aryl methyl sites for hydroxylation is 2. The van der Waals surface area contributed by atoms with Gasteiger partial charge in [-0.15, -0.1) is 5.10 Å². The van der Waals surface area contributed by atoms with Crippen LogP contribution in [0.2, 0.25) is 5.02 Å². The molecule has 2 aromatic carbocycles. The van der Waals surface area contributed by atoms with E-state index in [1.807, 2.05) is 47.4 Å². The maximum absolute atomic E-state index is 12.7. The Morgan fingerprint density at radius 1 is 1.03 bits per heavy atom. The molecule has 2 heterocycles. The molecule has 1 aromatic heterocycles. The zero-order valence-electron chi connectivity index (χ0n) is 17.0. The lowest BCUT2D eigenvalue weighted by molar-refractivity contribution is -0.128. The number of amides is 1. The number of carbonyl (C=O) groups is 1. The van der Waals surface area contributed by atoms with Gasteiger partial charge in [-0.05, 0) is 65.7 Å². The van der Waals surface area contributed by atoms with Crippen molar-refractivity contribution in [2.24, 2.45) is 0 Å². The van der Waals surface area contributed by atoms with Crippen LogP contribution in [0.1, 0.15) is 11.1 Å². The molecule has 1 fully saturated rings. The number of hydrogen-bond acceptors (Lipinski definition) is 6. The topological polar surface area (TPSA) is 67.2 Å². The Morgan fingerprint density at radius 2 is 1.83 bits per heavy atom. The minimum atomic E-state index is 0.0976. The van der Waals surface area contributed by atoms with E-state index < -0.39 is 0 Å². The molecule has 0 saturated carbocycles. The second-order valence-corrected chi connectivity index (χ2v) is 8.66. The van der Waals surface area contributed by atoms with Crippen LogP contribution < -0.4 is 4.90 Å². The van der Waals surface area contributed by atoms with E-state index in [2.05, 4.69) is 34.3 Å². The Hall–Kier alpha value is -2.58. The van der Waals surface area contributed by atoms with Crippen molar-refractivity contribution in [3.05, 3.63) is 58.6 Å². The quantitative estimate of drug-likeness (QED) is 0.564. The van der Waals surface area contributed by atoms with E-state index in [0.29, 0.717) is 24.0 Å². The molecule has 0 radical (unpaired) electrons. The highest BCUT2D eigenvalue weighted by Gasteiger charge is 2.22. The smallest absolute Gasteiger partial charge is 0.233 e. The summed E-state index contributed by atoms with van der Waals surface area (Å²) in [6, 6.07) is 13.9. The van der Waals surface area contributed by atoms with Gasteiger partial charge in [0.2, 0.25) is 11.1 Å². The number of anilines is 1. The van der Waals surface area contributed by atoms with Crippen molar-refractivity contribution >= 4 is 35.0 Å². The van der Waals surface area contributed by atoms with Crippen LogP contribution in [0.15, 0.2) is 47.6 Å². The van der Waals surface area contributed by atoms with E-state index in [4.69, 9.17) is 11.6 Å². The first kappa shape index (κ1) is 20.7. The van der Waals surface area contributed by atoms with Crippen LogP contribution in [0, 0.1) is 13.8 Å². The fraction of sp³-hybridized carbons (Fsp3) is 0.333. The molecule has 0 spiro atoms. The summed E-state index contributed by atoms with van der Waals surface area (Å²) in [5.41, 5.74) is 4.38. The third-order valence-electron chi connectivity index (χ3n) is 5.31. The lowest BCUT2D eigenvalue weighted by Crippen LogP contribution is -2.49. The van der Waals surface area contributed by atoms with Gasteiger partial charge in [0.25, 0.3) is 0 Å². The first-order valence-electron chi connectivity index (χ1n) is 9.78. The zero-order valence-corrected chi connectivity index (χ0v) is 18.5. The van der Waals surface area contributed by atoms with Crippen LogP contribution in [0.25, 0.3) is 5.69 Å². The van der Waals surface area contributed by atoms with Gasteiger partial charge < -0.3 is 9.80 Å². The SMILES string of the molecule is Cc1ccc(-n2nnnc2SCC(=O)N2CCN(c3cccc(Cl)c3)CC2)cc1C. The highest BCUT2D eigenvalue weighted by molar-refractivity contribution is 7.99. The summed E-state index contributed by atoms with van der Waals surface area (Å²) in [5, 5.41) is 13.3. The molecule has 0 bridgehead atoms. The minimum Gasteiger partial charge on any atom is -0.368 e. The average Bonchev–Trinajstić information content (AvgIpc) is 3.23. The van der Waals surface area contributed by atoms with Gasteiger partial charge in [0.05, 0.1) is 11.4 Å². The summed E-state index contributed by atoms with van der Waals surface area (Å²) < 4.78 is 1.68. The van der Waals surface area contributed by atoms with Crippen LogP contribution in [0.4, 0.5) is 5.69 Å². The number of aromatic nitrogens is 4. The van der Waals surface area contributed by atoms with Gasteiger partial charge in [-0.2, -0.15) is 4.68 Å². The van der Waals surface area contributed by atoms with Crippen molar-refractivity contribution in [3.8, 4) is 5.69 Å². The Bertz CT molecular complexity index is 1050. The van der Waals surface area contributed by atoms with Crippen molar-refractivity contribution < 1.29 is 4.79 Å². The molecular weight excluding hydrogens is 420 g/mol. The Balaban J connectivity index is 1.34. The third-order valence-corrected chi connectivity index (χ3v) is 6.45. The Kier molecular flexibility index (Phi) is 6.24. The number of halogens is 1. The van der Waals surface area contributed by atoms with Crippen molar-refractivity contribution in [2.75, 3.05) is 36.8 Å². The van der Waals surface area contributed by atoms with Gasteiger partial charge in [-0.1, -0.05) is 35.5 Å². The van der Waals surface area contributed by atoms with E-state index >= 15 is 0 Å². The minimum absolute atomic E-state index is 0.0976. The number of nitrogens with zero attached hydrogens (tertiary/aromatic N) is 6. The second kappa shape index (κ2) is 9.06. The van der Waals surface area contributed by atoms with Gasteiger partial charge in [0.1, 0.15) is 0 Å². The number of tetrazole rings is 1. The zero-order chi connectivity index (χ0) is 21.1. The molecular formula is C21H23ClN6OS. The normalized spacial score (nSPS) is 14.2. The molecule has 1 aliphatic heterocycles. The molecule has 0 aliphatic carbocycles. The van der Waals surface area contributed by atoms with Gasteiger partial charge in [-0.25, -0.2) is 0 Å². The standard InChI is InChI=1S/C21H23ClN6OS/c1-15-6-7-19(12-16(15)2)28-21(23-24-25-28)30-14-20(29)27-10-8-26(9-11-27)18-5-3-4-17(22)13-18/h3-7,12-13H,8-11,14H2,1-2H3. The molecule has 1 amide bonds. The predicted molar refractivity (Wildman–Crippen MR) is 120 cm³/mol. The first-order chi connectivity index (χ1) is 14.5. The van der Waals surface area contributed by atoms with E-state index in [0.717, 1.165) is 29.5 Å². The number of benzene rings is 2. The molecule has 0 unspecified atom stereocenters. The molecule has 7 nitrogen and oxygen atoms in total. The largest absolute Gasteiger partial charge is 0.368 e.